The summed E-state index contributed by atoms with van der Waals surface area (Å²) in [6.45, 7) is 4.50. The zero-order valence-corrected chi connectivity index (χ0v) is 17.8. The van der Waals surface area contributed by atoms with Crippen LogP contribution in [0, 0.1) is 17.0 Å². The molecule has 0 aliphatic rings. The van der Waals surface area contributed by atoms with Gasteiger partial charge in [0.25, 0.3) is 11.6 Å². The van der Waals surface area contributed by atoms with Crippen molar-refractivity contribution in [1.82, 2.24) is 4.98 Å². The van der Waals surface area contributed by atoms with E-state index in [1.165, 1.54) is 34.8 Å². The molecule has 0 fully saturated rings. The molecule has 0 atom stereocenters. The Balaban J connectivity index is 1.54. The molecule has 0 bridgehead atoms. The first-order valence-corrected chi connectivity index (χ1v) is 10.8. The summed E-state index contributed by atoms with van der Waals surface area (Å²) in [5.74, 6) is 0.513. The molecule has 4 aromatic rings. The number of nitro benzene ring substituents is 1. The van der Waals surface area contributed by atoms with Crippen molar-refractivity contribution in [3.05, 3.63) is 68.4 Å². The molecule has 0 aliphatic heterocycles. The number of nitrogens with one attached hydrogen (secondary N) is 1. The van der Waals surface area contributed by atoms with Gasteiger partial charge < -0.3 is 4.74 Å². The Morgan fingerprint density at radius 3 is 2.63 bits per heavy atom. The van der Waals surface area contributed by atoms with Gasteiger partial charge in [0.15, 0.2) is 5.13 Å². The lowest BCUT2D eigenvalue weighted by Crippen LogP contribution is -2.09. The number of aromatic nitrogens is 1. The van der Waals surface area contributed by atoms with Crippen LogP contribution in [0.2, 0.25) is 0 Å². The number of aryl methyl sites for hydroxylation is 1. The van der Waals surface area contributed by atoms with Gasteiger partial charge in [-0.1, -0.05) is 0 Å². The monoisotopic (exact) mass is 439 g/mol. The van der Waals surface area contributed by atoms with E-state index in [4.69, 9.17) is 4.74 Å². The molecule has 0 spiro atoms. The summed E-state index contributed by atoms with van der Waals surface area (Å²) in [7, 11) is 0. The number of benzene rings is 2. The Bertz CT molecular complexity index is 1250. The lowest BCUT2D eigenvalue weighted by atomic mass is 10.1. The summed E-state index contributed by atoms with van der Waals surface area (Å²) >= 11 is 2.69. The number of rotatable bonds is 6. The third kappa shape index (κ3) is 4.03. The van der Waals surface area contributed by atoms with Crippen molar-refractivity contribution in [3.63, 3.8) is 0 Å². The third-order valence-electron chi connectivity index (χ3n) is 4.39. The van der Waals surface area contributed by atoms with Crippen LogP contribution in [0.15, 0.2) is 48.5 Å². The Labute approximate surface area is 180 Å². The molecule has 0 saturated carbocycles. The van der Waals surface area contributed by atoms with Crippen LogP contribution < -0.4 is 10.1 Å². The number of ether oxygens (including phenoxy) is 1. The molecule has 4 rings (SSSR count). The SMILES string of the molecule is CCOc1ccc(-c2nc(NC(=O)c3cc4cc([N+](=O)[O-])ccc4s3)sc2C)cc1. The molecule has 1 N–H and O–H groups in total. The first-order valence-electron chi connectivity index (χ1n) is 9.14. The van der Waals surface area contributed by atoms with Crippen molar-refractivity contribution in [2.45, 2.75) is 13.8 Å². The smallest absolute Gasteiger partial charge is 0.270 e. The Hall–Kier alpha value is -3.30. The summed E-state index contributed by atoms with van der Waals surface area (Å²) in [5.41, 5.74) is 1.76. The van der Waals surface area contributed by atoms with Gasteiger partial charge in [-0.05, 0) is 50.2 Å². The Morgan fingerprint density at radius 2 is 1.93 bits per heavy atom. The van der Waals surface area contributed by atoms with E-state index in [2.05, 4.69) is 10.3 Å². The van der Waals surface area contributed by atoms with E-state index in [-0.39, 0.29) is 11.6 Å². The van der Waals surface area contributed by atoms with Crippen molar-refractivity contribution in [3.8, 4) is 17.0 Å². The van der Waals surface area contributed by atoms with E-state index in [0.29, 0.717) is 22.0 Å². The minimum absolute atomic E-state index is 0.00260. The molecule has 0 saturated heterocycles. The fourth-order valence-electron chi connectivity index (χ4n) is 3.01. The Kier molecular flexibility index (Phi) is 5.47. The van der Waals surface area contributed by atoms with Gasteiger partial charge in [-0.15, -0.1) is 22.7 Å². The fraction of sp³-hybridized carbons (Fsp3) is 0.143. The maximum atomic E-state index is 12.7. The molecule has 152 valence electrons. The van der Waals surface area contributed by atoms with Gasteiger partial charge in [-0.3, -0.25) is 20.2 Å². The quantitative estimate of drug-likeness (QED) is 0.298. The maximum Gasteiger partial charge on any atom is 0.270 e. The number of anilines is 1. The van der Waals surface area contributed by atoms with Crippen molar-refractivity contribution < 1.29 is 14.5 Å². The van der Waals surface area contributed by atoms with Crippen molar-refractivity contribution >= 4 is 49.5 Å². The predicted molar refractivity (Wildman–Crippen MR) is 120 cm³/mol. The molecule has 2 heterocycles. The number of fused-ring (bicyclic) bond motifs is 1. The standard InChI is InChI=1S/C21H17N3O4S2/c1-3-28-16-7-4-13(5-8-16)19-12(2)29-21(22-19)23-20(25)18-11-14-10-15(24(26)27)6-9-17(14)30-18/h4-11H,3H2,1-2H3,(H,22,23,25). The molecule has 0 unspecified atom stereocenters. The van der Waals surface area contributed by atoms with Gasteiger partial charge >= 0.3 is 0 Å². The molecular weight excluding hydrogens is 422 g/mol. The zero-order chi connectivity index (χ0) is 21.3. The van der Waals surface area contributed by atoms with Crippen LogP contribution in [0.3, 0.4) is 0 Å². The van der Waals surface area contributed by atoms with E-state index in [0.717, 1.165) is 26.6 Å². The highest BCUT2D eigenvalue weighted by Gasteiger charge is 2.16. The van der Waals surface area contributed by atoms with Gasteiger partial charge in [-0.25, -0.2) is 4.98 Å². The topological polar surface area (TPSA) is 94.4 Å². The number of carbonyl (C=O) groups is 1. The lowest BCUT2D eigenvalue weighted by molar-refractivity contribution is -0.384. The number of thiophene rings is 1. The highest BCUT2D eigenvalue weighted by molar-refractivity contribution is 7.21. The minimum atomic E-state index is -0.447. The average molecular weight is 440 g/mol. The largest absolute Gasteiger partial charge is 0.494 e. The molecule has 2 aromatic carbocycles. The summed E-state index contributed by atoms with van der Waals surface area (Å²) in [5, 5.41) is 15.0. The van der Waals surface area contributed by atoms with Crippen LogP contribution >= 0.6 is 22.7 Å². The first kappa shape index (κ1) is 20.0. The fourth-order valence-corrected chi connectivity index (χ4v) is 4.78. The number of hydrogen-bond donors (Lipinski definition) is 1. The van der Waals surface area contributed by atoms with Crippen LogP contribution in [-0.4, -0.2) is 22.4 Å². The lowest BCUT2D eigenvalue weighted by Gasteiger charge is -2.04. The van der Waals surface area contributed by atoms with Gasteiger partial charge in [0.05, 0.1) is 22.1 Å². The van der Waals surface area contributed by atoms with E-state index in [9.17, 15) is 14.9 Å². The van der Waals surface area contributed by atoms with E-state index >= 15 is 0 Å². The molecule has 1 amide bonds. The summed E-state index contributed by atoms with van der Waals surface area (Å²) in [4.78, 5) is 29.2. The average Bonchev–Trinajstić information content (AvgIpc) is 3.31. The molecular formula is C21H17N3O4S2. The first-order chi connectivity index (χ1) is 14.4. The zero-order valence-electron chi connectivity index (χ0n) is 16.2. The number of non-ortho nitro benzene ring substituents is 1. The highest BCUT2D eigenvalue weighted by Crippen LogP contribution is 2.33. The number of amides is 1. The normalized spacial score (nSPS) is 10.9. The molecule has 2 aromatic heterocycles. The number of nitro groups is 1. The van der Waals surface area contributed by atoms with Crippen LogP contribution in [0.25, 0.3) is 21.3 Å². The predicted octanol–water partition coefficient (Wildman–Crippen LogP) is 5.89. The summed E-state index contributed by atoms with van der Waals surface area (Å²) < 4.78 is 6.28. The van der Waals surface area contributed by atoms with Crippen LogP contribution in [0.5, 0.6) is 5.75 Å². The number of nitrogens with zero attached hydrogens (tertiary/aromatic N) is 2. The van der Waals surface area contributed by atoms with Crippen LogP contribution in [0.4, 0.5) is 10.8 Å². The number of hydrogen-bond acceptors (Lipinski definition) is 7. The van der Waals surface area contributed by atoms with Crippen LogP contribution in [0.1, 0.15) is 21.5 Å². The molecule has 0 radical (unpaired) electrons. The highest BCUT2D eigenvalue weighted by atomic mass is 32.1. The summed E-state index contributed by atoms with van der Waals surface area (Å²) in [6, 6.07) is 13.9. The second kappa shape index (κ2) is 8.21. The minimum Gasteiger partial charge on any atom is -0.494 e. The van der Waals surface area contributed by atoms with Gasteiger partial charge in [0.2, 0.25) is 0 Å². The van der Waals surface area contributed by atoms with Crippen LogP contribution in [-0.2, 0) is 0 Å². The number of thiazole rings is 1. The van der Waals surface area contributed by atoms with E-state index < -0.39 is 4.92 Å². The second-order valence-electron chi connectivity index (χ2n) is 6.43. The molecule has 30 heavy (non-hydrogen) atoms. The number of carbonyl (C=O) groups excluding carboxylic acids is 1. The van der Waals surface area contributed by atoms with Gasteiger partial charge in [0, 0.05) is 32.7 Å². The third-order valence-corrected chi connectivity index (χ3v) is 6.39. The maximum absolute atomic E-state index is 12.7. The summed E-state index contributed by atoms with van der Waals surface area (Å²) in [6.07, 6.45) is 0. The van der Waals surface area contributed by atoms with E-state index in [1.54, 1.807) is 12.1 Å². The van der Waals surface area contributed by atoms with Crippen molar-refractivity contribution in [2.24, 2.45) is 0 Å². The van der Waals surface area contributed by atoms with Crippen molar-refractivity contribution in [1.29, 1.82) is 0 Å². The van der Waals surface area contributed by atoms with Crippen molar-refractivity contribution in [2.75, 3.05) is 11.9 Å². The molecule has 9 heteroatoms. The van der Waals surface area contributed by atoms with Gasteiger partial charge in [0.1, 0.15) is 5.75 Å². The molecule has 0 aliphatic carbocycles. The van der Waals surface area contributed by atoms with E-state index in [1.807, 2.05) is 38.1 Å². The Morgan fingerprint density at radius 1 is 1.17 bits per heavy atom. The molecule has 7 nitrogen and oxygen atoms in total. The van der Waals surface area contributed by atoms with Gasteiger partial charge in [-0.2, -0.15) is 0 Å². The second-order valence-corrected chi connectivity index (χ2v) is 8.71.